The summed E-state index contributed by atoms with van der Waals surface area (Å²) in [5, 5.41) is 3.36. The van der Waals surface area contributed by atoms with Crippen LogP contribution in [-0.2, 0) is 0 Å². The Bertz CT molecular complexity index is 274. The molecule has 0 amide bonds. The van der Waals surface area contributed by atoms with Gasteiger partial charge in [-0.2, -0.15) is 0 Å². The maximum atomic E-state index is 3.36. The summed E-state index contributed by atoms with van der Waals surface area (Å²) in [6, 6.07) is 9.66. The topological polar surface area (TPSA) is 12.0 Å². The zero-order valence-corrected chi connectivity index (χ0v) is 8.38. The van der Waals surface area contributed by atoms with Gasteiger partial charge >= 0.3 is 0 Å². The number of benzene rings is 1. The highest BCUT2D eigenvalue weighted by Gasteiger charge is 2.30. The van der Waals surface area contributed by atoms with Crippen molar-refractivity contribution in [3.8, 4) is 0 Å². The molecule has 1 aliphatic rings. The smallest absolute Gasteiger partial charge is 0.0133 e. The van der Waals surface area contributed by atoms with Crippen LogP contribution in [0.15, 0.2) is 24.3 Å². The molecule has 0 aromatic heterocycles. The lowest BCUT2D eigenvalue weighted by Gasteiger charge is -2.36. The largest absolute Gasteiger partial charge is 0.316 e. The fourth-order valence-electron chi connectivity index (χ4n) is 2.06. The highest BCUT2D eigenvalue weighted by atomic mass is 14.9. The molecule has 0 aliphatic heterocycles. The highest BCUT2D eigenvalue weighted by molar-refractivity contribution is 5.27. The fourth-order valence-corrected chi connectivity index (χ4v) is 2.06. The Labute approximate surface area is 80.2 Å². The van der Waals surface area contributed by atoms with Crippen LogP contribution >= 0.6 is 0 Å². The molecule has 1 aromatic rings. The predicted octanol–water partition coefficient (Wildman–Crippen LogP) is 2.46. The van der Waals surface area contributed by atoms with Gasteiger partial charge in [0, 0.05) is 6.04 Å². The number of hydrogen-bond donors (Lipinski definition) is 1. The molecular weight excluding hydrogens is 158 g/mol. The van der Waals surface area contributed by atoms with Crippen LogP contribution in [0.1, 0.15) is 29.9 Å². The number of rotatable bonds is 2. The van der Waals surface area contributed by atoms with E-state index in [0.717, 1.165) is 5.92 Å². The quantitative estimate of drug-likeness (QED) is 0.728. The van der Waals surface area contributed by atoms with Gasteiger partial charge in [0.25, 0.3) is 0 Å². The summed E-state index contributed by atoms with van der Waals surface area (Å²) in [5.41, 5.74) is 2.85. The highest BCUT2D eigenvalue weighted by Crippen LogP contribution is 2.36. The van der Waals surface area contributed by atoms with Crippen molar-refractivity contribution in [2.24, 2.45) is 0 Å². The zero-order chi connectivity index (χ0) is 9.26. The molecule has 1 aliphatic carbocycles. The number of likely N-dealkylation sites (N-methyl/N-ethyl adjacent to an activating group) is 1. The molecular formula is C12H17N. The molecule has 2 rings (SSSR count). The molecule has 70 valence electrons. The van der Waals surface area contributed by atoms with Crippen molar-refractivity contribution < 1.29 is 0 Å². The Hall–Kier alpha value is -0.820. The van der Waals surface area contributed by atoms with E-state index in [2.05, 4.69) is 43.6 Å². The molecule has 0 bridgehead atoms. The van der Waals surface area contributed by atoms with Crippen LogP contribution in [0.2, 0.25) is 0 Å². The maximum Gasteiger partial charge on any atom is 0.0133 e. The van der Waals surface area contributed by atoms with Crippen molar-refractivity contribution in [2.75, 3.05) is 7.05 Å². The summed E-state index contributed by atoms with van der Waals surface area (Å²) >= 11 is 0. The molecule has 2 atom stereocenters. The van der Waals surface area contributed by atoms with Gasteiger partial charge in [0.05, 0.1) is 0 Å². The van der Waals surface area contributed by atoms with E-state index in [1.54, 1.807) is 0 Å². The van der Waals surface area contributed by atoms with Gasteiger partial charge in [-0.1, -0.05) is 29.8 Å². The van der Waals surface area contributed by atoms with Gasteiger partial charge < -0.3 is 5.32 Å². The van der Waals surface area contributed by atoms with Gasteiger partial charge in [-0.05, 0) is 38.3 Å². The van der Waals surface area contributed by atoms with E-state index in [0.29, 0.717) is 6.04 Å². The van der Waals surface area contributed by atoms with Crippen molar-refractivity contribution in [3.63, 3.8) is 0 Å². The van der Waals surface area contributed by atoms with Gasteiger partial charge in [-0.3, -0.25) is 0 Å². The Balaban J connectivity index is 2.12. The summed E-state index contributed by atoms with van der Waals surface area (Å²) < 4.78 is 0. The summed E-state index contributed by atoms with van der Waals surface area (Å²) in [5.74, 6) is 0.755. The third kappa shape index (κ3) is 1.61. The number of hydrogen-bond acceptors (Lipinski definition) is 1. The van der Waals surface area contributed by atoms with Crippen molar-refractivity contribution in [3.05, 3.63) is 35.4 Å². The predicted molar refractivity (Wildman–Crippen MR) is 56.0 cm³/mol. The lowest BCUT2D eigenvalue weighted by atomic mass is 9.75. The van der Waals surface area contributed by atoms with E-state index in [1.807, 2.05) is 0 Å². The summed E-state index contributed by atoms with van der Waals surface area (Å²) in [4.78, 5) is 0. The first-order valence-electron chi connectivity index (χ1n) is 5.05. The maximum absolute atomic E-state index is 3.36. The van der Waals surface area contributed by atoms with E-state index < -0.39 is 0 Å². The summed E-state index contributed by atoms with van der Waals surface area (Å²) in [7, 11) is 2.06. The third-order valence-corrected chi connectivity index (χ3v) is 3.15. The standard InChI is InChI=1S/C12H17N/c1-9-3-5-10(6-4-9)11-7-8-12(11)13-2/h3-6,11-13H,7-8H2,1-2H3. The second-order valence-electron chi connectivity index (χ2n) is 3.99. The molecule has 0 spiro atoms. The SMILES string of the molecule is CNC1CCC1c1ccc(C)cc1. The third-order valence-electron chi connectivity index (χ3n) is 3.15. The second-order valence-corrected chi connectivity index (χ2v) is 3.99. The van der Waals surface area contributed by atoms with Crippen molar-refractivity contribution in [1.29, 1.82) is 0 Å². The van der Waals surface area contributed by atoms with Gasteiger partial charge in [-0.15, -0.1) is 0 Å². The van der Waals surface area contributed by atoms with Gasteiger partial charge in [0.15, 0.2) is 0 Å². The van der Waals surface area contributed by atoms with E-state index in [4.69, 9.17) is 0 Å². The molecule has 0 saturated heterocycles. The first kappa shape index (κ1) is 8.76. The van der Waals surface area contributed by atoms with Gasteiger partial charge in [-0.25, -0.2) is 0 Å². The van der Waals surface area contributed by atoms with Crippen molar-refractivity contribution >= 4 is 0 Å². The first-order chi connectivity index (χ1) is 6.31. The molecule has 13 heavy (non-hydrogen) atoms. The van der Waals surface area contributed by atoms with E-state index >= 15 is 0 Å². The first-order valence-corrected chi connectivity index (χ1v) is 5.05. The average molecular weight is 175 g/mol. The van der Waals surface area contributed by atoms with Crippen LogP contribution in [0, 0.1) is 6.92 Å². The van der Waals surface area contributed by atoms with Crippen LogP contribution < -0.4 is 5.32 Å². The Kier molecular flexibility index (Phi) is 2.36. The number of aryl methyl sites for hydroxylation is 1. The molecule has 2 unspecified atom stereocenters. The molecule has 0 heterocycles. The minimum Gasteiger partial charge on any atom is -0.316 e. The van der Waals surface area contributed by atoms with E-state index in [9.17, 15) is 0 Å². The monoisotopic (exact) mass is 175 g/mol. The second kappa shape index (κ2) is 3.51. The normalized spacial score (nSPS) is 26.9. The van der Waals surface area contributed by atoms with E-state index in [1.165, 1.54) is 24.0 Å². The zero-order valence-electron chi connectivity index (χ0n) is 8.38. The summed E-state index contributed by atoms with van der Waals surface area (Å²) in [6.07, 6.45) is 2.67. The van der Waals surface area contributed by atoms with E-state index in [-0.39, 0.29) is 0 Å². The molecule has 1 N–H and O–H groups in total. The fraction of sp³-hybridized carbons (Fsp3) is 0.500. The lowest BCUT2D eigenvalue weighted by molar-refractivity contribution is 0.300. The molecule has 1 saturated carbocycles. The van der Waals surface area contributed by atoms with Crippen LogP contribution in [0.3, 0.4) is 0 Å². The van der Waals surface area contributed by atoms with Crippen LogP contribution in [-0.4, -0.2) is 13.1 Å². The van der Waals surface area contributed by atoms with Crippen molar-refractivity contribution in [2.45, 2.75) is 31.7 Å². The molecule has 1 nitrogen and oxygen atoms in total. The Morgan fingerprint density at radius 1 is 1.15 bits per heavy atom. The van der Waals surface area contributed by atoms with Crippen molar-refractivity contribution in [1.82, 2.24) is 5.32 Å². The minimum absolute atomic E-state index is 0.711. The minimum atomic E-state index is 0.711. The molecule has 1 heteroatoms. The Morgan fingerprint density at radius 3 is 2.31 bits per heavy atom. The van der Waals surface area contributed by atoms with Crippen LogP contribution in [0.4, 0.5) is 0 Å². The molecule has 1 aromatic carbocycles. The average Bonchev–Trinajstić information content (AvgIpc) is 2.08. The molecule has 1 fully saturated rings. The molecule has 0 radical (unpaired) electrons. The van der Waals surface area contributed by atoms with Gasteiger partial charge in [0.2, 0.25) is 0 Å². The van der Waals surface area contributed by atoms with Crippen LogP contribution in [0.25, 0.3) is 0 Å². The number of nitrogens with one attached hydrogen (secondary N) is 1. The van der Waals surface area contributed by atoms with Gasteiger partial charge in [0.1, 0.15) is 0 Å². The Morgan fingerprint density at radius 2 is 1.85 bits per heavy atom. The van der Waals surface area contributed by atoms with Crippen LogP contribution in [0.5, 0.6) is 0 Å². The summed E-state index contributed by atoms with van der Waals surface area (Å²) in [6.45, 7) is 2.14. The lowest BCUT2D eigenvalue weighted by Crippen LogP contribution is -2.40.